The Kier molecular flexibility index (Phi) is 3.53. The highest BCUT2D eigenvalue weighted by Crippen LogP contribution is 2.21. The average Bonchev–Trinajstić information content (AvgIpc) is 2.71. The SMILES string of the molecule is Cc1cc(C)cc(-n2nc(CN)cc2C(C)C)c1. The molecule has 0 fully saturated rings. The van der Waals surface area contributed by atoms with Crippen molar-refractivity contribution in [2.75, 3.05) is 0 Å². The van der Waals surface area contributed by atoms with E-state index in [9.17, 15) is 0 Å². The minimum absolute atomic E-state index is 0.429. The van der Waals surface area contributed by atoms with Crippen molar-refractivity contribution >= 4 is 0 Å². The highest BCUT2D eigenvalue weighted by Gasteiger charge is 2.12. The summed E-state index contributed by atoms with van der Waals surface area (Å²) in [5, 5.41) is 4.59. The first-order valence-electron chi connectivity index (χ1n) is 6.39. The maximum Gasteiger partial charge on any atom is 0.0767 e. The highest BCUT2D eigenvalue weighted by molar-refractivity contribution is 5.40. The number of hydrogen-bond donors (Lipinski definition) is 1. The standard InChI is InChI=1S/C15H21N3/c1-10(2)15-8-13(9-16)17-18(15)14-6-11(3)5-12(4)7-14/h5-8,10H,9,16H2,1-4H3. The molecule has 2 rings (SSSR count). The number of aromatic nitrogens is 2. The lowest BCUT2D eigenvalue weighted by molar-refractivity contribution is 0.726. The van der Waals surface area contributed by atoms with E-state index in [1.807, 2.05) is 4.68 Å². The summed E-state index contributed by atoms with van der Waals surface area (Å²) in [6.07, 6.45) is 0. The summed E-state index contributed by atoms with van der Waals surface area (Å²) < 4.78 is 2.02. The first-order valence-corrected chi connectivity index (χ1v) is 6.39. The Morgan fingerprint density at radius 1 is 1.11 bits per heavy atom. The second-order valence-electron chi connectivity index (χ2n) is 5.18. The number of aryl methyl sites for hydroxylation is 2. The van der Waals surface area contributed by atoms with Crippen molar-refractivity contribution in [1.29, 1.82) is 0 Å². The van der Waals surface area contributed by atoms with Gasteiger partial charge in [-0.15, -0.1) is 0 Å². The fraction of sp³-hybridized carbons (Fsp3) is 0.400. The van der Waals surface area contributed by atoms with E-state index >= 15 is 0 Å². The molecule has 2 aromatic rings. The minimum Gasteiger partial charge on any atom is -0.325 e. The molecule has 0 spiro atoms. The van der Waals surface area contributed by atoms with Crippen molar-refractivity contribution in [3.05, 3.63) is 46.8 Å². The smallest absolute Gasteiger partial charge is 0.0767 e. The van der Waals surface area contributed by atoms with Gasteiger partial charge in [-0.25, -0.2) is 4.68 Å². The summed E-state index contributed by atoms with van der Waals surface area (Å²) in [6.45, 7) is 9.06. The Morgan fingerprint density at radius 2 is 1.72 bits per heavy atom. The van der Waals surface area contributed by atoms with Crippen LogP contribution >= 0.6 is 0 Å². The predicted octanol–water partition coefficient (Wildman–Crippen LogP) is 3.07. The molecule has 0 saturated carbocycles. The van der Waals surface area contributed by atoms with E-state index in [0.29, 0.717) is 12.5 Å². The maximum atomic E-state index is 5.69. The number of hydrogen-bond acceptors (Lipinski definition) is 2. The van der Waals surface area contributed by atoms with Gasteiger partial charge in [-0.05, 0) is 49.1 Å². The van der Waals surface area contributed by atoms with Gasteiger partial charge in [0.2, 0.25) is 0 Å². The second kappa shape index (κ2) is 4.94. The van der Waals surface area contributed by atoms with Gasteiger partial charge < -0.3 is 5.73 Å². The zero-order chi connectivity index (χ0) is 13.3. The molecule has 1 heterocycles. The summed E-state index contributed by atoms with van der Waals surface area (Å²) in [5.74, 6) is 0.429. The molecule has 1 aromatic heterocycles. The number of nitrogens with two attached hydrogens (primary N) is 1. The van der Waals surface area contributed by atoms with E-state index in [-0.39, 0.29) is 0 Å². The van der Waals surface area contributed by atoms with E-state index < -0.39 is 0 Å². The maximum absolute atomic E-state index is 5.69. The van der Waals surface area contributed by atoms with Crippen molar-refractivity contribution in [2.45, 2.75) is 40.2 Å². The average molecular weight is 243 g/mol. The van der Waals surface area contributed by atoms with Gasteiger partial charge >= 0.3 is 0 Å². The van der Waals surface area contributed by atoms with Gasteiger partial charge in [0.1, 0.15) is 0 Å². The van der Waals surface area contributed by atoms with Crippen LogP contribution in [0.25, 0.3) is 5.69 Å². The van der Waals surface area contributed by atoms with Crippen molar-refractivity contribution in [2.24, 2.45) is 5.73 Å². The largest absolute Gasteiger partial charge is 0.325 e. The molecule has 3 nitrogen and oxygen atoms in total. The molecule has 0 unspecified atom stereocenters. The Morgan fingerprint density at radius 3 is 2.22 bits per heavy atom. The zero-order valence-electron chi connectivity index (χ0n) is 11.6. The molecular weight excluding hydrogens is 222 g/mol. The van der Waals surface area contributed by atoms with Crippen molar-refractivity contribution < 1.29 is 0 Å². The van der Waals surface area contributed by atoms with Crippen LogP contribution in [0.5, 0.6) is 0 Å². The second-order valence-corrected chi connectivity index (χ2v) is 5.18. The third-order valence-corrected chi connectivity index (χ3v) is 3.04. The van der Waals surface area contributed by atoms with Crippen LogP contribution in [0.3, 0.4) is 0 Å². The first kappa shape index (κ1) is 12.8. The van der Waals surface area contributed by atoms with E-state index in [2.05, 4.69) is 57.1 Å². The van der Waals surface area contributed by atoms with E-state index in [1.165, 1.54) is 16.8 Å². The van der Waals surface area contributed by atoms with E-state index in [1.54, 1.807) is 0 Å². The Hall–Kier alpha value is -1.61. The molecule has 18 heavy (non-hydrogen) atoms. The molecule has 0 aliphatic carbocycles. The molecule has 0 aliphatic rings. The highest BCUT2D eigenvalue weighted by atomic mass is 15.3. The summed E-state index contributed by atoms with van der Waals surface area (Å²) in [5.41, 5.74) is 11.5. The van der Waals surface area contributed by atoms with Gasteiger partial charge in [0.15, 0.2) is 0 Å². The van der Waals surface area contributed by atoms with E-state index in [0.717, 1.165) is 11.4 Å². The molecule has 3 heteroatoms. The molecule has 0 amide bonds. The van der Waals surface area contributed by atoms with Crippen LogP contribution in [0.2, 0.25) is 0 Å². The molecule has 2 N–H and O–H groups in total. The Bertz CT molecular complexity index is 533. The van der Waals surface area contributed by atoms with E-state index in [4.69, 9.17) is 5.73 Å². The molecule has 0 saturated heterocycles. The Balaban J connectivity index is 2.58. The van der Waals surface area contributed by atoms with Crippen molar-refractivity contribution in [1.82, 2.24) is 9.78 Å². The monoisotopic (exact) mass is 243 g/mol. The molecule has 0 bridgehead atoms. The number of benzene rings is 1. The summed E-state index contributed by atoms with van der Waals surface area (Å²) in [4.78, 5) is 0. The lowest BCUT2D eigenvalue weighted by atomic mass is 10.1. The molecular formula is C15H21N3. The van der Waals surface area contributed by atoms with Crippen LogP contribution in [-0.2, 0) is 6.54 Å². The van der Waals surface area contributed by atoms with Gasteiger partial charge in [0.25, 0.3) is 0 Å². The number of nitrogens with zero attached hydrogens (tertiary/aromatic N) is 2. The lowest BCUT2D eigenvalue weighted by Crippen LogP contribution is -2.05. The van der Waals surface area contributed by atoms with Crippen LogP contribution < -0.4 is 5.73 Å². The summed E-state index contributed by atoms with van der Waals surface area (Å²) in [6, 6.07) is 8.59. The van der Waals surface area contributed by atoms with Crippen LogP contribution in [0.1, 0.15) is 42.3 Å². The predicted molar refractivity (Wildman–Crippen MR) is 75.0 cm³/mol. The van der Waals surface area contributed by atoms with Gasteiger partial charge in [-0.2, -0.15) is 5.10 Å². The van der Waals surface area contributed by atoms with Crippen molar-refractivity contribution in [3.63, 3.8) is 0 Å². The first-order chi connectivity index (χ1) is 8.51. The minimum atomic E-state index is 0.429. The molecule has 0 radical (unpaired) electrons. The summed E-state index contributed by atoms with van der Waals surface area (Å²) >= 11 is 0. The third kappa shape index (κ3) is 2.46. The van der Waals surface area contributed by atoms with Crippen LogP contribution in [-0.4, -0.2) is 9.78 Å². The molecule has 0 aliphatic heterocycles. The quantitative estimate of drug-likeness (QED) is 0.900. The van der Waals surface area contributed by atoms with Gasteiger partial charge in [0, 0.05) is 12.2 Å². The van der Waals surface area contributed by atoms with Gasteiger partial charge in [0.05, 0.1) is 11.4 Å². The topological polar surface area (TPSA) is 43.8 Å². The number of rotatable bonds is 3. The summed E-state index contributed by atoms with van der Waals surface area (Å²) in [7, 11) is 0. The molecule has 1 aromatic carbocycles. The molecule has 0 atom stereocenters. The normalized spacial score (nSPS) is 11.2. The van der Waals surface area contributed by atoms with Crippen LogP contribution in [0, 0.1) is 13.8 Å². The fourth-order valence-electron chi connectivity index (χ4n) is 2.24. The fourth-order valence-corrected chi connectivity index (χ4v) is 2.24. The third-order valence-electron chi connectivity index (χ3n) is 3.04. The zero-order valence-corrected chi connectivity index (χ0v) is 11.6. The lowest BCUT2D eigenvalue weighted by Gasteiger charge is -2.11. The van der Waals surface area contributed by atoms with Crippen molar-refractivity contribution in [3.8, 4) is 5.69 Å². The van der Waals surface area contributed by atoms with Crippen LogP contribution in [0.4, 0.5) is 0 Å². The van der Waals surface area contributed by atoms with Gasteiger partial charge in [-0.3, -0.25) is 0 Å². The van der Waals surface area contributed by atoms with Crippen LogP contribution in [0.15, 0.2) is 24.3 Å². The Labute approximate surface area is 109 Å². The molecule has 96 valence electrons. The van der Waals surface area contributed by atoms with Gasteiger partial charge in [-0.1, -0.05) is 19.9 Å².